The van der Waals surface area contributed by atoms with E-state index in [1.54, 1.807) is 0 Å². The van der Waals surface area contributed by atoms with Gasteiger partial charge in [-0.15, -0.1) is 0 Å². The second kappa shape index (κ2) is 6.89. The Bertz CT molecular complexity index is 330. The topological polar surface area (TPSA) is 24.9 Å². The minimum absolute atomic E-state index is 0.515. The molecule has 0 aliphatic heterocycles. The maximum atomic E-state index is 4.54. The maximum absolute atomic E-state index is 4.54. The van der Waals surface area contributed by atoms with Gasteiger partial charge >= 0.3 is 0 Å². The van der Waals surface area contributed by atoms with Gasteiger partial charge in [0.05, 0.1) is 0 Å². The molecule has 1 fully saturated rings. The Kier molecular flexibility index (Phi) is 5.18. The van der Waals surface area contributed by atoms with Crippen molar-refractivity contribution in [2.45, 2.75) is 57.9 Å². The molecule has 18 heavy (non-hydrogen) atoms. The van der Waals surface area contributed by atoms with Crippen LogP contribution < -0.4 is 5.32 Å². The maximum Gasteiger partial charge on any atom is 0.0447 e. The van der Waals surface area contributed by atoms with Crippen molar-refractivity contribution in [1.82, 2.24) is 10.3 Å². The van der Waals surface area contributed by atoms with Gasteiger partial charge in [-0.2, -0.15) is 0 Å². The third-order valence-electron chi connectivity index (χ3n) is 4.23. The van der Waals surface area contributed by atoms with Gasteiger partial charge in [0.25, 0.3) is 0 Å². The predicted octanol–water partition coefficient (Wildman–Crippen LogP) is 3.74. The van der Waals surface area contributed by atoms with Gasteiger partial charge in [-0.1, -0.05) is 32.8 Å². The molecular weight excluding hydrogens is 220 g/mol. The van der Waals surface area contributed by atoms with Crippen molar-refractivity contribution in [3.8, 4) is 0 Å². The summed E-state index contributed by atoms with van der Waals surface area (Å²) in [5.74, 6) is 1.36. The van der Waals surface area contributed by atoms with Crippen LogP contribution >= 0.6 is 0 Å². The van der Waals surface area contributed by atoms with Crippen molar-refractivity contribution < 1.29 is 0 Å². The molecule has 100 valence electrons. The van der Waals surface area contributed by atoms with Crippen LogP contribution in [0.5, 0.6) is 0 Å². The number of nitrogens with zero attached hydrogens (tertiary/aromatic N) is 1. The van der Waals surface area contributed by atoms with E-state index in [4.69, 9.17) is 0 Å². The standard InChI is InChI=1S/C16H26N2/c1-3-11-18-16(14-8-4-5-9-14)13(2)15-10-6-7-12-17-15/h6-7,10,12-14,16,18H,3-5,8-9,11H2,1-2H3. The van der Waals surface area contributed by atoms with Gasteiger partial charge < -0.3 is 5.32 Å². The fraction of sp³-hybridized carbons (Fsp3) is 0.688. The van der Waals surface area contributed by atoms with Gasteiger partial charge in [-0.3, -0.25) is 4.98 Å². The molecule has 1 saturated carbocycles. The summed E-state index contributed by atoms with van der Waals surface area (Å²) in [6.45, 7) is 5.69. The molecule has 0 spiro atoms. The van der Waals surface area contributed by atoms with E-state index in [0.29, 0.717) is 12.0 Å². The zero-order valence-corrected chi connectivity index (χ0v) is 11.7. The van der Waals surface area contributed by atoms with E-state index >= 15 is 0 Å². The molecule has 2 heteroatoms. The minimum atomic E-state index is 0.515. The molecule has 1 aromatic rings. The average molecular weight is 246 g/mol. The van der Waals surface area contributed by atoms with E-state index in [2.05, 4.69) is 36.3 Å². The molecule has 0 amide bonds. The molecule has 0 bridgehead atoms. The van der Waals surface area contributed by atoms with Crippen LogP contribution in [0.3, 0.4) is 0 Å². The quantitative estimate of drug-likeness (QED) is 0.827. The third-order valence-corrected chi connectivity index (χ3v) is 4.23. The van der Waals surface area contributed by atoms with Crippen LogP contribution in [0.15, 0.2) is 24.4 Å². The van der Waals surface area contributed by atoms with E-state index in [1.807, 2.05) is 12.3 Å². The van der Waals surface area contributed by atoms with E-state index in [1.165, 1.54) is 37.8 Å². The fourth-order valence-corrected chi connectivity index (χ4v) is 3.21. The molecular formula is C16H26N2. The lowest BCUT2D eigenvalue weighted by molar-refractivity contribution is 0.317. The summed E-state index contributed by atoms with van der Waals surface area (Å²) in [5, 5.41) is 3.77. The molecule has 2 atom stereocenters. The Morgan fingerprint density at radius 2 is 2.11 bits per heavy atom. The number of nitrogens with one attached hydrogen (secondary N) is 1. The van der Waals surface area contributed by atoms with Crippen molar-refractivity contribution in [1.29, 1.82) is 0 Å². The Hall–Kier alpha value is -0.890. The first-order chi connectivity index (χ1) is 8.83. The van der Waals surface area contributed by atoms with Gasteiger partial charge in [0.1, 0.15) is 0 Å². The third kappa shape index (κ3) is 3.32. The fourth-order valence-electron chi connectivity index (χ4n) is 3.21. The number of rotatable bonds is 6. The molecule has 1 heterocycles. The van der Waals surface area contributed by atoms with Gasteiger partial charge in [-0.25, -0.2) is 0 Å². The predicted molar refractivity (Wildman–Crippen MR) is 76.7 cm³/mol. The van der Waals surface area contributed by atoms with Gasteiger partial charge in [0.2, 0.25) is 0 Å². The highest BCUT2D eigenvalue weighted by molar-refractivity contribution is 5.12. The van der Waals surface area contributed by atoms with Crippen LogP contribution in [0, 0.1) is 5.92 Å². The molecule has 0 radical (unpaired) electrons. The molecule has 0 aromatic carbocycles. The van der Waals surface area contributed by atoms with Crippen molar-refractivity contribution in [3.05, 3.63) is 30.1 Å². The second-order valence-electron chi connectivity index (χ2n) is 5.57. The molecule has 1 aliphatic carbocycles. The smallest absolute Gasteiger partial charge is 0.0447 e. The molecule has 2 nitrogen and oxygen atoms in total. The summed E-state index contributed by atoms with van der Waals surface area (Å²) in [4.78, 5) is 4.54. The van der Waals surface area contributed by atoms with Crippen molar-refractivity contribution in [3.63, 3.8) is 0 Å². The van der Waals surface area contributed by atoms with E-state index in [9.17, 15) is 0 Å². The summed E-state index contributed by atoms with van der Waals surface area (Å²) in [5.41, 5.74) is 1.23. The number of aromatic nitrogens is 1. The lowest BCUT2D eigenvalue weighted by atomic mass is 9.86. The Labute approximate surface area is 111 Å². The van der Waals surface area contributed by atoms with Crippen molar-refractivity contribution >= 4 is 0 Å². The number of hydrogen-bond donors (Lipinski definition) is 1. The molecule has 1 N–H and O–H groups in total. The highest BCUT2D eigenvalue weighted by atomic mass is 14.9. The summed E-state index contributed by atoms with van der Waals surface area (Å²) < 4.78 is 0. The van der Waals surface area contributed by atoms with Crippen LogP contribution in [0.25, 0.3) is 0 Å². The SMILES string of the molecule is CCCNC(C1CCCC1)C(C)c1ccccn1. The molecule has 2 unspecified atom stereocenters. The Balaban J connectivity index is 2.07. The lowest BCUT2D eigenvalue weighted by Crippen LogP contribution is -2.40. The summed E-state index contributed by atoms with van der Waals surface area (Å²) in [6.07, 6.45) is 8.71. The van der Waals surface area contributed by atoms with Gasteiger partial charge in [0, 0.05) is 23.9 Å². The zero-order chi connectivity index (χ0) is 12.8. The van der Waals surface area contributed by atoms with E-state index in [-0.39, 0.29) is 0 Å². The van der Waals surface area contributed by atoms with Crippen LogP contribution in [-0.2, 0) is 0 Å². The molecule has 1 aliphatic rings. The average Bonchev–Trinajstić information content (AvgIpc) is 2.94. The molecule has 2 rings (SSSR count). The van der Waals surface area contributed by atoms with Crippen LogP contribution in [-0.4, -0.2) is 17.6 Å². The molecule has 0 saturated heterocycles. The van der Waals surface area contributed by atoms with Crippen LogP contribution in [0.4, 0.5) is 0 Å². The van der Waals surface area contributed by atoms with Crippen LogP contribution in [0.1, 0.15) is 57.6 Å². The summed E-state index contributed by atoms with van der Waals surface area (Å²) in [7, 11) is 0. The normalized spacial score (nSPS) is 19.9. The van der Waals surface area contributed by atoms with Crippen LogP contribution in [0.2, 0.25) is 0 Å². The van der Waals surface area contributed by atoms with Crippen molar-refractivity contribution in [2.75, 3.05) is 6.54 Å². The first-order valence-corrected chi connectivity index (χ1v) is 7.47. The summed E-state index contributed by atoms with van der Waals surface area (Å²) in [6, 6.07) is 6.87. The highest BCUT2D eigenvalue weighted by Crippen LogP contribution is 2.33. The Morgan fingerprint density at radius 1 is 1.33 bits per heavy atom. The zero-order valence-electron chi connectivity index (χ0n) is 11.7. The van der Waals surface area contributed by atoms with Gasteiger partial charge in [0.15, 0.2) is 0 Å². The van der Waals surface area contributed by atoms with Crippen molar-refractivity contribution in [2.24, 2.45) is 5.92 Å². The summed E-state index contributed by atoms with van der Waals surface area (Å²) >= 11 is 0. The Morgan fingerprint density at radius 3 is 2.72 bits per heavy atom. The minimum Gasteiger partial charge on any atom is -0.313 e. The lowest BCUT2D eigenvalue weighted by Gasteiger charge is -2.30. The largest absolute Gasteiger partial charge is 0.313 e. The monoisotopic (exact) mass is 246 g/mol. The highest BCUT2D eigenvalue weighted by Gasteiger charge is 2.29. The first-order valence-electron chi connectivity index (χ1n) is 7.47. The van der Waals surface area contributed by atoms with Gasteiger partial charge in [-0.05, 0) is 43.9 Å². The number of pyridine rings is 1. The molecule has 1 aromatic heterocycles. The van der Waals surface area contributed by atoms with E-state index < -0.39 is 0 Å². The van der Waals surface area contributed by atoms with E-state index in [0.717, 1.165) is 12.5 Å². The first kappa shape index (κ1) is 13.5. The number of hydrogen-bond acceptors (Lipinski definition) is 2. The second-order valence-corrected chi connectivity index (χ2v) is 5.57.